The average Bonchev–Trinajstić information content (AvgIpc) is 3.21. The summed E-state index contributed by atoms with van der Waals surface area (Å²) in [5.74, 6) is 1.19. The number of rotatable bonds is 7. The molecule has 160 valence electrons. The van der Waals surface area contributed by atoms with Crippen molar-refractivity contribution < 1.29 is 14.3 Å². The smallest absolute Gasteiger partial charge is 0.245 e. The van der Waals surface area contributed by atoms with E-state index in [-0.39, 0.29) is 18.2 Å². The number of ether oxygens (including phenoxy) is 1. The van der Waals surface area contributed by atoms with Crippen molar-refractivity contribution in [2.75, 3.05) is 7.11 Å². The predicted octanol–water partition coefficient (Wildman–Crippen LogP) is 2.00. The second-order valence-electron chi connectivity index (χ2n) is 7.53. The number of Topliss-reactive ketones (excluding diaryl/α,β-unsaturated/α-hetero) is 1. The van der Waals surface area contributed by atoms with Crippen LogP contribution in [0.25, 0.3) is 0 Å². The van der Waals surface area contributed by atoms with Crippen molar-refractivity contribution in [3.63, 3.8) is 0 Å². The summed E-state index contributed by atoms with van der Waals surface area (Å²) in [6.45, 7) is 2.02. The van der Waals surface area contributed by atoms with Gasteiger partial charge < -0.3 is 10.1 Å². The van der Waals surface area contributed by atoms with Crippen LogP contribution in [0.3, 0.4) is 0 Å². The highest BCUT2D eigenvalue weighted by molar-refractivity contribution is 5.97. The van der Waals surface area contributed by atoms with E-state index >= 15 is 0 Å². The lowest BCUT2D eigenvalue weighted by Gasteiger charge is -2.18. The van der Waals surface area contributed by atoms with Gasteiger partial charge in [0.15, 0.2) is 5.78 Å². The molecule has 9 nitrogen and oxygen atoms in total. The monoisotopic (exact) mass is 420 g/mol. The third-order valence-corrected chi connectivity index (χ3v) is 5.41. The third kappa shape index (κ3) is 4.60. The summed E-state index contributed by atoms with van der Waals surface area (Å²) >= 11 is 0. The molecule has 3 aromatic rings. The number of amides is 1. The summed E-state index contributed by atoms with van der Waals surface area (Å²) < 4.78 is 6.81. The molecular weight excluding hydrogens is 396 g/mol. The maximum atomic E-state index is 13.1. The lowest BCUT2D eigenvalue weighted by molar-refractivity contribution is -0.124. The maximum Gasteiger partial charge on any atom is 0.245 e. The summed E-state index contributed by atoms with van der Waals surface area (Å²) in [6.07, 6.45) is 2.57. The number of fused-ring (bicyclic) bond motifs is 1. The molecule has 2 aromatic heterocycles. The molecule has 9 heteroatoms. The maximum absolute atomic E-state index is 13.1. The van der Waals surface area contributed by atoms with Crippen LogP contribution in [0.4, 0.5) is 0 Å². The number of aromatic nitrogens is 5. The second-order valence-corrected chi connectivity index (χ2v) is 7.53. The Bertz CT molecular complexity index is 1110. The molecule has 31 heavy (non-hydrogen) atoms. The number of carbonyl (C=O) groups is 2. The number of tetrazole rings is 1. The number of methoxy groups -OCH3 is 1. The average molecular weight is 420 g/mol. The van der Waals surface area contributed by atoms with E-state index in [1.165, 1.54) is 4.68 Å². The zero-order chi connectivity index (χ0) is 21.8. The van der Waals surface area contributed by atoms with Crippen molar-refractivity contribution in [3.8, 4) is 5.75 Å². The van der Waals surface area contributed by atoms with Gasteiger partial charge in [-0.2, -0.15) is 0 Å². The van der Waals surface area contributed by atoms with Crippen molar-refractivity contribution in [1.82, 2.24) is 30.5 Å². The minimum Gasteiger partial charge on any atom is -0.497 e. The van der Waals surface area contributed by atoms with Gasteiger partial charge in [0.05, 0.1) is 25.0 Å². The summed E-state index contributed by atoms with van der Waals surface area (Å²) in [7, 11) is 1.61. The molecule has 0 radical (unpaired) electrons. The van der Waals surface area contributed by atoms with E-state index in [4.69, 9.17) is 4.74 Å². The number of pyridine rings is 1. The SMILES string of the molecule is COc1cccc(C[C@H](C(=O)NCc2ccc3c(n2)CCCC3=O)n2nnnc2C)c1. The number of nitrogens with zero attached hydrogens (tertiary/aromatic N) is 5. The van der Waals surface area contributed by atoms with E-state index in [0.29, 0.717) is 24.2 Å². The molecule has 0 fully saturated rings. The van der Waals surface area contributed by atoms with E-state index in [2.05, 4.69) is 25.8 Å². The lowest BCUT2D eigenvalue weighted by Crippen LogP contribution is -2.35. The molecule has 0 unspecified atom stereocenters. The quantitative estimate of drug-likeness (QED) is 0.622. The fraction of sp³-hybridized carbons (Fsp3) is 0.364. The van der Waals surface area contributed by atoms with Gasteiger partial charge in [0.2, 0.25) is 5.91 Å². The Kier molecular flexibility index (Phi) is 6.01. The van der Waals surface area contributed by atoms with Crippen molar-refractivity contribution in [2.45, 2.75) is 45.2 Å². The van der Waals surface area contributed by atoms with Gasteiger partial charge in [-0.15, -0.1) is 5.10 Å². The lowest BCUT2D eigenvalue weighted by atomic mass is 9.94. The molecular formula is C22H24N6O3. The highest BCUT2D eigenvalue weighted by Crippen LogP contribution is 2.21. The molecule has 0 saturated carbocycles. The van der Waals surface area contributed by atoms with E-state index in [0.717, 1.165) is 35.5 Å². The Balaban J connectivity index is 1.51. The number of hydrogen-bond acceptors (Lipinski definition) is 7. The molecule has 1 atom stereocenters. The highest BCUT2D eigenvalue weighted by Gasteiger charge is 2.25. The molecule has 4 rings (SSSR count). The van der Waals surface area contributed by atoms with Crippen LogP contribution >= 0.6 is 0 Å². The van der Waals surface area contributed by atoms with Crippen LogP contribution in [0.5, 0.6) is 5.75 Å². The summed E-state index contributed by atoms with van der Waals surface area (Å²) in [5, 5.41) is 14.6. The van der Waals surface area contributed by atoms with Gasteiger partial charge in [0.25, 0.3) is 0 Å². The number of benzene rings is 1. The zero-order valence-electron chi connectivity index (χ0n) is 17.5. The largest absolute Gasteiger partial charge is 0.497 e. The van der Waals surface area contributed by atoms with Gasteiger partial charge in [0, 0.05) is 18.4 Å². The molecule has 0 spiro atoms. The first kappa shape index (κ1) is 20.6. The van der Waals surface area contributed by atoms with Gasteiger partial charge in [-0.1, -0.05) is 12.1 Å². The van der Waals surface area contributed by atoms with E-state index in [1.54, 1.807) is 20.1 Å². The third-order valence-electron chi connectivity index (χ3n) is 5.41. The molecule has 1 N–H and O–H groups in total. The Morgan fingerprint density at radius 3 is 2.90 bits per heavy atom. The van der Waals surface area contributed by atoms with Gasteiger partial charge in [-0.3, -0.25) is 14.6 Å². The first-order valence-corrected chi connectivity index (χ1v) is 10.2. The Labute approximate surface area is 179 Å². The van der Waals surface area contributed by atoms with Crippen LogP contribution in [0.2, 0.25) is 0 Å². The second kappa shape index (κ2) is 9.03. The number of aryl methyl sites for hydroxylation is 2. The Hall–Kier alpha value is -3.62. The molecule has 1 aliphatic carbocycles. The standard InChI is InChI=1S/C22H24N6O3/c1-14-25-26-27-28(14)20(12-15-5-3-6-17(11-15)31-2)22(30)23-13-16-9-10-18-19(24-16)7-4-8-21(18)29/h3,5-6,9-11,20H,4,7-8,12-13H2,1-2H3,(H,23,30)/t20-/m1/s1. The van der Waals surface area contributed by atoms with E-state index < -0.39 is 6.04 Å². The van der Waals surface area contributed by atoms with Crippen molar-refractivity contribution in [1.29, 1.82) is 0 Å². The van der Waals surface area contributed by atoms with Crippen LogP contribution in [-0.4, -0.2) is 44.0 Å². The number of nitrogens with one attached hydrogen (secondary N) is 1. The van der Waals surface area contributed by atoms with Crippen molar-refractivity contribution in [3.05, 3.63) is 64.7 Å². The Morgan fingerprint density at radius 1 is 1.26 bits per heavy atom. The van der Waals surface area contributed by atoms with Crippen LogP contribution in [0, 0.1) is 6.92 Å². The molecule has 2 heterocycles. The van der Waals surface area contributed by atoms with Crippen LogP contribution in [0.1, 0.15) is 52.0 Å². The van der Waals surface area contributed by atoms with Gasteiger partial charge >= 0.3 is 0 Å². The number of ketones is 1. The van der Waals surface area contributed by atoms with Gasteiger partial charge in [-0.05, 0) is 60.0 Å². The Morgan fingerprint density at radius 2 is 2.13 bits per heavy atom. The van der Waals surface area contributed by atoms with Gasteiger partial charge in [-0.25, -0.2) is 4.68 Å². The molecule has 0 saturated heterocycles. The minimum atomic E-state index is -0.624. The first-order chi connectivity index (χ1) is 15.0. The fourth-order valence-electron chi connectivity index (χ4n) is 3.78. The summed E-state index contributed by atoms with van der Waals surface area (Å²) in [5.41, 5.74) is 3.16. The normalized spacial score (nSPS) is 14.1. The molecule has 1 amide bonds. The van der Waals surface area contributed by atoms with Crippen LogP contribution in [-0.2, 0) is 24.2 Å². The summed E-state index contributed by atoms with van der Waals surface area (Å²) in [4.78, 5) is 29.7. The summed E-state index contributed by atoms with van der Waals surface area (Å²) in [6, 6.07) is 10.5. The van der Waals surface area contributed by atoms with Crippen LogP contribution in [0.15, 0.2) is 36.4 Å². The number of hydrogen-bond donors (Lipinski definition) is 1. The predicted molar refractivity (Wildman–Crippen MR) is 112 cm³/mol. The topological polar surface area (TPSA) is 112 Å². The minimum absolute atomic E-state index is 0.136. The molecule has 0 bridgehead atoms. The molecule has 1 aliphatic rings. The zero-order valence-corrected chi connectivity index (χ0v) is 17.5. The molecule has 0 aliphatic heterocycles. The fourth-order valence-corrected chi connectivity index (χ4v) is 3.78. The van der Waals surface area contributed by atoms with Crippen molar-refractivity contribution >= 4 is 11.7 Å². The number of carbonyl (C=O) groups excluding carboxylic acids is 2. The van der Waals surface area contributed by atoms with E-state index in [9.17, 15) is 9.59 Å². The van der Waals surface area contributed by atoms with E-state index in [1.807, 2.05) is 30.3 Å². The van der Waals surface area contributed by atoms with Crippen LogP contribution < -0.4 is 10.1 Å². The van der Waals surface area contributed by atoms with Crippen molar-refractivity contribution in [2.24, 2.45) is 0 Å². The highest BCUT2D eigenvalue weighted by atomic mass is 16.5. The first-order valence-electron chi connectivity index (χ1n) is 10.2. The molecule has 1 aromatic carbocycles. The van der Waals surface area contributed by atoms with Gasteiger partial charge in [0.1, 0.15) is 17.6 Å².